The maximum atomic E-state index is 12.8. The number of carbonyl (C=O) groups excluding carboxylic acids is 5. The molecule has 15 nitrogen and oxygen atoms in total. The second kappa shape index (κ2) is 15.2. The van der Waals surface area contributed by atoms with Crippen molar-refractivity contribution in [3.8, 4) is 0 Å². The highest BCUT2D eigenvalue weighted by Gasteiger charge is 2.31. The quantitative estimate of drug-likeness (QED) is 0.0991. The van der Waals surface area contributed by atoms with E-state index < -0.39 is 84.9 Å². The third-order valence-electron chi connectivity index (χ3n) is 4.67. The van der Waals surface area contributed by atoms with Gasteiger partial charge in [-0.25, -0.2) is 4.79 Å². The largest absolute Gasteiger partial charge is 0.481 e. The fraction of sp³-hybridized carbons (Fsp3) is 0.650. The summed E-state index contributed by atoms with van der Waals surface area (Å²) in [5.41, 5.74) is 15.6. The molecule has 0 saturated carbocycles. The standard InChI is InChI=1S/C20H34N6O9/c1-9(2)7-13(20(34)35)26-19(33)11(3-5-14(22)27)25-18(32)12(4-6-16(29)30)24-17(31)10(21)8-15(23)28/h9-13H,3-8,21H2,1-2H3,(H2,22,27)(H2,23,28)(H,24,31)(H,25,32)(H,26,33)(H,29,30)(H,34,35). The van der Waals surface area contributed by atoms with E-state index in [1.807, 2.05) is 0 Å². The normalized spacial score (nSPS) is 14.2. The molecule has 15 heteroatoms. The average molecular weight is 503 g/mol. The highest BCUT2D eigenvalue weighted by atomic mass is 16.4. The molecule has 35 heavy (non-hydrogen) atoms. The number of nitrogens with two attached hydrogens (primary N) is 3. The van der Waals surface area contributed by atoms with Crippen LogP contribution in [0.15, 0.2) is 0 Å². The van der Waals surface area contributed by atoms with Gasteiger partial charge in [-0.3, -0.25) is 28.8 Å². The summed E-state index contributed by atoms with van der Waals surface area (Å²) in [6.07, 6.45) is -2.01. The van der Waals surface area contributed by atoms with Crippen LogP contribution in [-0.2, 0) is 33.6 Å². The lowest BCUT2D eigenvalue weighted by Crippen LogP contribution is -2.57. The average Bonchev–Trinajstić information content (AvgIpc) is 2.71. The van der Waals surface area contributed by atoms with Crippen LogP contribution in [0.3, 0.4) is 0 Å². The molecule has 198 valence electrons. The van der Waals surface area contributed by atoms with Crippen molar-refractivity contribution in [1.82, 2.24) is 16.0 Å². The Morgan fingerprint density at radius 2 is 1.17 bits per heavy atom. The number of carboxylic acid groups (broad SMARTS) is 2. The van der Waals surface area contributed by atoms with E-state index in [0.29, 0.717) is 0 Å². The molecule has 0 radical (unpaired) electrons. The molecule has 0 saturated heterocycles. The Morgan fingerprint density at radius 1 is 0.714 bits per heavy atom. The zero-order valence-electron chi connectivity index (χ0n) is 19.6. The summed E-state index contributed by atoms with van der Waals surface area (Å²) < 4.78 is 0. The van der Waals surface area contributed by atoms with Crippen LogP contribution in [0.4, 0.5) is 0 Å². The van der Waals surface area contributed by atoms with Gasteiger partial charge in [0.25, 0.3) is 0 Å². The van der Waals surface area contributed by atoms with Crippen molar-refractivity contribution in [2.75, 3.05) is 0 Å². The van der Waals surface area contributed by atoms with Crippen molar-refractivity contribution >= 4 is 41.5 Å². The van der Waals surface area contributed by atoms with E-state index in [1.54, 1.807) is 13.8 Å². The number of nitrogens with one attached hydrogen (secondary N) is 3. The molecule has 0 aliphatic carbocycles. The first kappa shape index (κ1) is 31.2. The first-order chi connectivity index (χ1) is 16.1. The monoisotopic (exact) mass is 502 g/mol. The topological polar surface area (TPSA) is 274 Å². The molecular formula is C20H34N6O9. The molecule has 0 aromatic heterocycles. The van der Waals surface area contributed by atoms with Gasteiger partial charge in [-0.1, -0.05) is 13.8 Å². The van der Waals surface area contributed by atoms with Crippen LogP contribution in [0.25, 0.3) is 0 Å². The van der Waals surface area contributed by atoms with E-state index in [4.69, 9.17) is 22.3 Å². The Labute approximate surface area is 201 Å². The molecule has 0 aliphatic rings. The lowest BCUT2D eigenvalue weighted by atomic mass is 10.0. The molecule has 0 aromatic carbocycles. The fourth-order valence-electron chi connectivity index (χ4n) is 2.92. The first-order valence-electron chi connectivity index (χ1n) is 10.8. The summed E-state index contributed by atoms with van der Waals surface area (Å²) in [5, 5.41) is 25.1. The molecule has 0 bridgehead atoms. The van der Waals surface area contributed by atoms with Crippen LogP contribution in [0, 0.1) is 5.92 Å². The summed E-state index contributed by atoms with van der Waals surface area (Å²) in [5.74, 6) is -7.21. The molecule has 4 atom stereocenters. The van der Waals surface area contributed by atoms with Crippen molar-refractivity contribution in [2.45, 2.75) is 76.5 Å². The third-order valence-corrected chi connectivity index (χ3v) is 4.67. The number of carboxylic acids is 2. The molecule has 0 spiro atoms. The molecular weight excluding hydrogens is 468 g/mol. The Balaban J connectivity index is 5.65. The number of primary amides is 2. The lowest BCUT2D eigenvalue weighted by molar-refractivity contribution is -0.143. The lowest BCUT2D eigenvalue weighted by Gasteiger charge is -2.25. The van der Waals surface area contributed by atoms with Gasteiger partial charge in [0.15, 0.2) is 0 Å². The van der Waals surface area contributed by atoms with Crippen LogP contribution < -0.4 is 33.2 Å². The SMILES string of the molecule is CC(C)CC(NC(=O)C(CCC(N)=O)NC(=O)C(CCC(=O)O)NC(=O)C(N)CC(N)=O)C(=O)O. The minimum Gasteiger partial charge on any atom is -0.481 e. The molecule has 5 amide bonds. The maximum absolute atomic E-state index is 12.8. The van der Waals surface area contributed by atoms with Gasteiger partial charge in [-0.2, -0.15) is 0 Å². The van der Waals surface area contributed by atoms with Crippen LogP contribution in [0.5, 0.6) is 0 Å². The Kier molecular flexibility index (Phi) is 13.6. The van der Waals surface area contributed by atoms with E-state index in [9.17, 15) is 38.7 Å². The van der Waals surface area contributed by atoms with Gasteiger partial charge < -0.3 is 43.4 Å². The highest BCUT2D eigenvalue weighted by Crippen LogP contribution is 2.08. The van der Waals surface area contributed by atoms with Crippen LogP contribution in [0.2, 0.25) is 0 Å². The summed E-state index contributed by atoms with van der Waals surface area (Å²) in [6, 6.07) is -5.58. The second-order valence-corrected chi connectivity index (χ2v) is 8.37. The van der Waals surface area contributed by atoms with E-state index in [1.165, 1.54) is 0 Å². The van der Waals surface area contributed by atoms with Gasteiger partial charge in [0, 0.05) is 12.8 Å². The van der Waals surface area contributed by atoms with Crippen molar-refractivity contribution in [3.05, 3.63) is 0 Å². The predicted molar refractivity (Wildman–Crippen MR) is 120 cm³/mol. The molecule has 0 fully saturated rings. The molecule has 0 aliphatic heterocycles. The summed E-state index contributed by atoms with van der Waals surface area (Å²) in [6.45, 7) is 3.49. The van der Waals surface area contributed by atoms with E-state index in [-0.39, 0.29) is 25.2 Å². The minimum absolute atomic E-state index is 0.0877. The van der Waals surface area contributed by atoms with Crippen LogP contribution in [-0.4, -0.2) is 75.9 Å². The molecule has 4 unspecified atom stereocenters. The minimum atomic E-state index is -1.48. The van der Waals surface area contributed by atoms with Gasteiger partial charge in [-0.15, -0.1) is 0 Å². The third kappa shape index (κ3) is 13.5. The Morgan fingerprint density at radius 3 is 1.57 bits per heavy atom. The number of amides is 5. The number of aliphatic carboxylic acids is 2. The number of hydrogen-bond donors (Lipinski definition) is 8. The highest BCUT2D eigenvalue weighted by molar-refractivity contribution is 5.95. The Bertz CT molecular complexity index is 817. The van der Waals surface area contributed by atoms with Gasteiger partial charge >= 0.3 is 11.9 Å². The predicted octanol–water partition coefficient (Wildman–Crippen LogP) is -3.10. The number of rotatable bonds is 17. The maximum Gasteiger partial charge on any atom is 0.326 e. The van der Waals surface area contributed by atoms with E-state index in [2.05, 4.69) is 16.0 Å². The zero-order valence-corrected chi connectivity index (χ0v) is 19.6. The molecule has 0 aromatic rings. The molecule has 0 rings (SSSR count). The zero-order chi connectivity index (χ0) is 27.3. The summed E-state index contributed by atoms with van der Waals surface area (Å²) >= 11 is 0. The summed E-state index contributed by atoms with van der Waals surface area (Å²) in [7, 11) is 0. The molecule has 11 N–H and O–H groups in total. The Hall–Kier alpha value is -3.75. The first-order valence-corrected chi connectivity index (χ1v) is 10.8. The van der Waals surface area contributed by atoms with E-state index >= 15 is 0 Å². The van der Waals surface area contributed by atoms with Crippen molar-refractivity contribution in [2.24, 2.45) is 23.1 Å². The second-order valence-electron chi connectivity index (χ2n) is 8.37. The smallest absolute Gasteiger partial charge is 0.326 e. The van der Waals surface area contributed by atoms with Crippen LogP contribution in [0.1, 0.15) is 52.4 Å². The van der Waals surface area contributed by atoms with Gasteiger partial charge in [0.05, 0.1) is 12.5 Å². The molecule has 0 heterocycles. The van der Waals surface area contributed by atoms with Gasteiger partial charge in [0.1, 0.15) is 18.1 Å². The number of hydrogen-bond acceptors (Lipinski definition) is 8. The van der Waals surface area contributed by atoms with Crippen molar-refractivity contribution in [3.63, 3.8) is 0 Å². The van der Waals surface area contributed by atoms with E-state index in [0.717, 1.165) is 0 Å². The van der Waals surface area contributed by atoms with Crippen molar-refractivity contribution in [1.29, 1.82) is 0 Å². The van der Waals surface area contributed by atoms with Crippen molar-refractivity contribution < 1.29 is 43.8 Å². The number of carbonyl (C=O) groups is 7. The van der Waals surface area contributed by atoms with Crippen LogP contribution >= 0.6 is 0 Å². The fourth-order valence-corrected chi connectivity index (χ4v) is 2.92. The summed E-state index contributed by atoms with van der Waals surface area (Å²) in [4.78, 5) is 82.4. The van der Waals surface area contributed by atoms with Gasteiger partial charge in [0.2, 0.25) is 29.5 Å². The van der Waals surface area contributed by atoms with Gasteiger partial charge in [-0.05, 0) is 25.2 Å².